The Labute approximate surface area is 228 Å². The number of anilines is 1. The topological polar surface area (TPSA) is 97.0 Å². The largest absolute Gasteiger partial charge is 0.493 e. The van der Waals surface area contributed by atoms with E-state index in [-0.39, 0.29) is 18.4 Å². The standard InChI is InChI=1S/C29H35N3O5S/c1-18-10-8-11-19(2)25(18)32(24(33)17-30-27(34)23-12-9-15-38-23)26(28(35)31-29(3,4)5)20-13-14-21(36-6)22(16-20)37-7/h8-16,26H,17H2,1-7H3,(H,30,34)(H,31,35). The second-order valence-electron chi connectivity index (χ2n) is 9.92. The van der Waals surface area contributed by atoms with Crippen molar-refractivity contribution in [2.24, 2.45) is 0 Å². The number of hydrogen-bond acceptors (Lipinski definition) is 6. The Bertz CT molecular complexity index is 1280. The first kappa shape index (κ1) is 28.7. The second-order valence-corrected chi connectivity index (χ2v) is 10.9. The number of para-hydroxylation sites is 1. The van der Waals surface area contributed by atoms with Gasteiger partial charge in [-0.3, -0.25) is 19.3 Å². The molecule has 0 saturated heterocycles. The molecule has 1 unspecified atom stereocenters. The number of ether oxygens (including phenoxy) is 2. The molecule has 2 aromatic carbocycles. The lowest BCUT2D eigenvalue weighted by Gasteiger charge is -2.35. The third kappa shape index (κ3) is 6.72. The zero-order chi connectivity index (χ0) is 28.0. The molecular weight excluding hydrogens is 502 g/mol. The summed E-state index contributed by atoms with van der Waals surface area (Å²) in [4.78, 5) is 42.5. The van der Waals surface area contributed by atoms with Crippen LogP contribution in [0.15, 0.2) is 53.9 Å². The van der Waals surface area contributed by atoms with Crippen LogP contribution in [0.5, 0.6) is 11.5 Å². The number of nitrogens with zero attached hydrogens (tertiary/aromatic N) is 1. The molecule has 38 heavy (non-hydrogen) atoms. The SMILES string of the molecule is COc1ccc(C(C(=O)NC(C)(C)C)N(C(=O)CNC(=O)c2cccs2)c2c(C)cccc2C)cc1OC. The van der Waals surface area contributed by atoms with Gasteiger partial charge in [-0.15, -0.1) is 11.3 Å². The van der Waals surface area contributed by atoms with Crippen molar-refractivity contribution < 1.29 is 23.9 Å². The molecule has 3 rings (SSSR count). The van der Waals surface area contributed by atoms with Gasteiger partial charge in [0.15, 0.2) is 11.5 Å². The molecule has 1 aromatic heterocycles. The summed E-state index contributed by atoms with van der Waals surface area (Å²) in [5.74, 6) is -0.226. The quantitative estimate of drug-likeness (QED) is 0.409. The highest BCUT2D eigenvalue weighted by molar-refractivity contribution is 7.12. The van der Waals surface area contributed by atoms with E-state index in [0.29, 0.717) is 27.6 Å². The van der Waals surface area contributed by atoms with Gasteiger partial charge in [-0.25, -0.2) is 0 Å². The van der Waals surface area contributed by atoms with E-state index < -0.39 is 17.5 Å². The molecule has 0 radical (unpaired) electrons. The number of hydrogen-bond donors (Lipinski definition) is 2. The number of carbonyl (C=O) groups is 3. The minimum absolute atomic E-state index is 0.295. The minimum Gasteiger partial charge on any atom is -0.493 e. The maximum atomic E-state index is 14.0. The number of aryl methyl sites for hydroxylation is 2. The molecule has 1 atom stereocenters. The molecule has 0 saturated carbocycles. The summed E-state index contributed by atoms with van der Waals surface area (Å²) in [6, 6.07) is 13.2. The Kier molecular flexibility index (Phi) is 9.17. The molecular formula is C29H35N3O5S. The van der Waals surface area contributed by atoms with Crippen molar-refractivity contribution in [2.45, 2.75) is 46.2 Å². The van der Waals surface area contributed by atoms with Crippen LogP contribution in [0.4, 0.5) is 5.69 Å². The van der Waals surface area contributed by atoms with Crippen molar-refractivity contribution in [1.29, 1.82) is 0 Å². The number of amides is 3. The highest BCUT2D eigenvalue weighted by atomic mass is 32.1. The summed E-state index contributed by atoms with van der Waals surface area (Å²) in [5.41, 5.74) is 2.21. The number of benzene rings is 2. The van der Waals surface area contributed by atoms with E-state index in [9.17, 15) is 14.4 Å². The Morgan fingerprint density at radius 3 is 2.16 bits per heavy atom. The average molecular weight is 538 g/mol. The number of thiophene rings is 1. The highest BCUT2D eigenvalue weighted by Crippen LogP contribution is 2.37. The van der Waals surface area contributed by atoms with Gasteiger partial charge in [-0.05, 0) is 74.9 Å². The molecule has 3 aromatic rings. The number of rotatable bonds is 9. The van der Waals surface area contributed by atoms with Crippen LogP contribution in [0, 0.1) is 13.8 Å². The van der Waals surface area contributed by atoms with Gasteiger partial charge in [0.05, 0.1) is 31.3 Å². The van der Waals surface area contributed by atoms with Gasteiger partial charge in [0.1, 0.15) is 6.04 Å². The molecule has 0 spiro atoms. The van der Waals surface area contributed by atoms with Gasteiger partial charge in [-0.2, -0.15) is 0 Å². The van der Waals surface area contributed by atoms with E-state index >= 15 is 0 Å². The van der Waals surface area contributed by atoms with Gasteiger partial charge in [0.2, 0.25) is 11.8 Å². The third-order valence-electron chi connectivity index (χ3n) is 5.82. The van der Waals surface area contributed by atoms with Crippen LogP contribution in [-0.2, 0) is 9.59 Å². The van der Waals surface area contributed by atoms with Crippen LogP contribution in [0.1, 0.15) is 53.2 Å². The highest BCUT2D eigenvalue weighted by Gasteiger charge is 2.36. The van der Waals surface area contributed by atoms with E-state index in [0.717, 1.165) is 11.1 Å². The molecule has 0 aliphatic carbocycles. The fourth-order valence-corrected chi connectivity index (χ4v) is 4.84. The third-order valence-corrected chi connectivity index (χ3v) is 6.69. The maximum Gasteiger partial charge on any atom is 0.261 e. The molecule has 8 nitrogen and oxygen atoms in total. The number of nitrogens with one attached hydrogen (secondary N) is 2. The Balaban J connectivity index is 2.15. The van der Waals surface area contributed by atoms with Crippen molar-refractivity contribution in [3.63, 3.8) is 0 Å². The first-order valence-corrected chi connectivity index (χ1v) is 13.1. The van der Waals surface area contributed by atoms with Gasteiger partial charge in [-0.1, -0.05) is 30.3 Å². The van der Waals surface area contributed by atoms with Crippen LogP contribution in [0.25, 0.3) is 0 Å². The molecule has 1 heterocycles. The van der Waals surface area contributed by atoms with Crippen molar-refractivity contribution >= 4 is 34.7 Å². The van der Waals surface area contributed by atoms with E-state index in [1.165, 1.54) is 30.5 Å². The zero-order valence-corrected chi connectivity index (χ0v) is 23.7. The molecule has 0 fully saturated rings. The number of methoxy groups -OCH3 is 2. The van der Waals surface area contributed by atoms with Crippen molar-refractivity contribution in [3.8, 4) is 11.5 Å². The van der Waals surface area contributed by atoms with E-state index in [2.05, 4.69) is 10.6 Å². The lowest BCUT2D eigenvalue weighted by Crippen LogP contribution is -2.51. The van der Waals surface area contributed by atoms with Crippen LogP contribution in [0.3, 0.4) is 0 Å². The van der Waals surface area contributed by atoms with Crippen molar-refractivity contribution in [1.82, 2.24) is 10.6 Å². The van der Waals surface area contributed by atoms with Crippen molar-refractivity contribution in [3.05, 3.63) is 75.5 Å². The fourth-order valence-electron chi connectivity index (χ4n) is 4.20. The predicted molar refractivity (Wildman–Crippen MR) is 150 cm³/mol. The van der Waals surface area contributed by atoms with Crippen molar-refractivity contribution in [2.75, 3.05) is 25.7 Å². The monoisotopic (exact) mass is 537 g/mol. The van der Waals surface area contributed by atoms with Crippen LogP contribution >= 0.6 is 11.3 Å². The van der Waals surface area contributed by atoms with Gasteiger partial charge in [0, 0.05) is 5.54 Å². The summed E-state index contributed by atoms with van der Waals surface area (Å²) in [6.45, 7) is 9.12. The molecule has 2 N–H and O–H groups in total. The zero-order valence-electron chi connectivity index (χ0n) is 22.9. The Morgan fingerprint density at radius 1 is 0.947 bits per heavy atom. The number of carbonyl (C=O) groups excluding carboxylic acids is 3. The fraction of sp³-hybridized carbons (Fsp3) is 0.345. The second kappa shape index (κ2) is 12.1. The molecule has 0 aliphatic heterocycles. The predicted octanol–water partition coefficient (Wildman–Crippen LogP) is 4.80. The van der Waals surface area contributed by atoms with Crippen LogP contribution in [-0.4, -0.2) is 44.0 Å². The summed E-state index contributed by atoms with van der Waals surface area (Å²) < 4.78 is 10.9. The summed E-state index contributed by atoms with van der Waals surface area (Å²) in [6.07, 6.45) is 0. The van der Waals surface area contributed by atoms with Gasteiger partial charge in [0.25, 0.3) is 5.91 Å². The molecule has 9 heteroatoms. The van der Waals surface area contributed by atoms with Gasteiger partial charge < -0.3 is 20.1 Å². The Morgan fingerprint density at radius 2 is 1.61 bits per heavy atom. The Hall–Kier alpha value is -3.85. The lowest BCUT2D eigenvalue weighted by atomic mass is 9.98. The molecule has 0 bridgehead atoms. The van der Waals surface area contributed by atoms with E-state index in [1.54, 1.807) is 35.7 Å². The molecule has 202 valence electrons. The summed E-state index contributed by atoms with van der Waals surface area (Å²) in [7, 11) is 3.05. The van der Waals surface area contributed by atoms with Gasteiger partial charge >= 0.3 is 0 Å². The van der Waals surface area contributed by atoms with E-state index in [1.807, 2.05) is 52.8 Å². The first-order chi connectivity index (χ1) is 18.0. The van der Waals surface area contributed by atoms with Crippen LogP contribution < -0.4 is 25.0 Å². The summed E-state index contributed by atoms with van der Waals surface area (Å²) >= 11 is 1.29. The molecule has 3 amide bonds. The summed E-state index contributed by atoms with van der Waals surface area (Å²) in [5, 5.41) is 7.53. The smallest absolute Gasteiger partial charge is 0.261 e. The average Bonchev–Trinajstić information content (AvgIpc) is 3.40. The lowest BCUT2D eigenvalue weighted by molar-refractivity contribution is -0.127. The minimum atomic E-state index is -1.06. The normalized spacial score (nSPS) is 11.9. The maximum absolute atomic E-state index is 14.0. The van der Waals surface area contributed by atoms with E-state index in [4.69, 9.17) is 9.47 Å². The first-order valence-electron chi connectivity index (χ1n) is 12.2. The molecule has 0 aliphatic rings. The van der Waals surface area contributed by atoms with Crippen LogP contribution in [0.2, 0.25) is 0 Å².